The summed E-state index contributed by atoms with van der Waals surface area (Å²) in [4.78, 5) is 14.6. The monoisotopic (exact) mass is 326 g/mol. The second-order valence-electron chi connectivity index (χ2n) is 4.42. The number of carbonyl (C=O) groups is 1. The molecule has 0 aromatic carbocycles. The van der Waals surface area contributed by atoms with Crippen LogP contribution in [0.5, 0.6) is 0 Å². The summed E-state index contributed by atoms with van der Waals surface area (Å²) in [6, 6.07) is 4.70. The van der Waals surface area contributed by atoms with E-state index in [0.29, 0.717) is 5.69 Å². The lowest BCUT2D eigenvalue weighted by Gasteiger charge is -2.28. The molecule has 10 heteroatoms. The van der Waals surface area contributed by atoms with E-state index in [2.05, 4.69) is 4.98 Å². The summed E-state index contributed by atoms with van der Waals surface area (Å²) in [7, 11) is -4.46. The van der Waals surface area contributed by atoms with Crippen LogP contribution in [0.15, 0.2) is 24.4 Å². The Hall–Kier alpha value is -1.68. The molecule has 1 unspecified atom stereocenters. The minimum absolute atomic E-state index is 0.135. The zero-order valence-electron chi connectivity index (χ0n) is 10.9. The average molecular weight is 326 g/mol. The van der Waals surface area contributed by atoms with Crippen LogP contribution in [0, 0.1) is 0 Å². The first-order valence-electron chi connectivity index (χ1n) is 5.69. The van der Waals surface area contributed by atoms with Gasteiger partial charge in [0.15, 0.2) is 0 Å². The number of hydrogen-bond donors (Lipinski definition) is 2. The fraction of sp³-hybridized carbons (Fsp3) is 0.455. The highest BCUT2D eigenvalue weighted by Gasteiger charge is 2.59. The third-order valence-electron chi connectivity index (χ3n) is 2.71. The summed E-state index contributed by atoms with van der Waals surface area (Å²) in [5.74, 6) is -3.03. The minimum Gasteiger partial charge on any atom is -0.480 e. The second-order valence-corrected chi connectivity index (χ2v) is 6.26. The quantitative estimate of drug-likeness (QED) is 0.811. The van der Waals surface area contributed by atoms with E-state index < -0.39 is 33.5 Å². The first-order valence-corrected chi connectivity index (χ1v) is 7.35. The lowest BCUT2D eigenvalue weighted by molar-refractivity contribution is -0.201. The van der Waals surface area contributed by atoms with E-state index in [0.717, 1.165) is 0 Å². The van der Waals surface area contributed by atoms with E-state index in [9.17, 15) is 26.4 Å². The fourth-order valence-corrected chi connectivity index (χ4v) is 2.77. The van der Waals surface area contributed by atoms with E-state index >= 15 is 0 Å². The molecule has 6 nitrogen and oxygen atoms in total. The number of rotatable bonds is 6. The molecule has 1 heterocycles. The first kappa shape index (κ1) is 17.4. The molecule has 0 aliphatic carbocycles. The Kier molecular flexibility index (Phi) is 4.95. The van der Waals surface area contributed by atoms with Gasteiger partial charge in [0.05, 0.1) is 5.75 Å². The predicted octanol–water partition coefficient (Wildman–Crippen LogP) is 0.949. The van der Waals surface area contributed by atoms with Crippen LogP contribution in [-0.2, 0) is 21.2 Å². The molecular weight excluding hydrogens is 313 g/mol. The van der Waals surface area contributed by atoms with Crippen LogP contribution in [0.1, 0.15) is 12.6 Å². The topological polar surface area (TPSA) is 96.4 Å². The Morgan fingerprint density at radius 1 is 1.38 bits per heavy atom. The SMILES string of the molecule is CC(NS(=O)(=O)CCc1ccccn1)(C(=O)O)C(F)(F)F. The molecule has 0 saturated heterocycles. The van der Waals surface area contributed by atoms with E-state index in [-0.39, 0.29) is 13.3 Å². The zero-order valence-corrected chi connectivity index (χ0v) is 11.7. The van der Waals surface area contributed by atoms with Gasteiger partial charge in [-0.05, 0) is 19.1 Å². The van der Waals surface area contributed by atoms with Crippen molar-refractivity contribution in [2.24, 2.45) is 0 Å². The number of nitrogens with zero attached hydrogens (tertiary/aromatic N) is 1. The number of halogens is 3. The lowest BCUT2D eigenvalue weighted by atomic mass is 10.0. The van der Waals surface area contributed by atoms with Crippen molar-refractivity contribution < 1.29 is 31.5 Å². The largest absolute Gasteiger partial charge is 0.480 e. The zero-order chi connectivity index (χ0) is 16.3. The maximum atomic E-state index is 12.7. The number of aromatic nitrogens is 1. The number of aryl methyl sites for hydroxylation is 1. The van der Waals surface area contributed by atoms with Crippen molar-refractivity contribution in [1.82, 2.24) is 9.71 Å². The van der Waals surface area contributed by atoms with Gasteiger partial charge in [0.2, 0.25) is 15.6 Å². The molecule has 0 fully saturated rings. The van der Waals surface area contributed by atoms with Crippen molar-refractivity contribution in [3.8, 4) is 0 Å². The summed E-state index contributed by atoms with van der Waals surface area (Å²) in [6.45, 7) is 0.258. The third-order valence-corrected chi connectivity index (χ3v) is 4.17. The Morgan fingerprint density at radius 2 is 2.00 bits per heavy atom. The van der Waals surface area contributed by atoms with E-state index in [4.69, 9.17) is 5.11 Å². The van der Waals surface area contributed by atoms with Gasteiger partial charge >= 0.3 is 12.1 Å². The number of carboxylic acids is 1. The highest BCUT2D eigenvalue weighted by atomic mass is 32.2. The molecule has 0 aliphatic heterocycles. The van der Waals surface area contributed by atoms with Crippen molar-refractivity contribution in [3.05, 3.63) is 30.1 Å². The minimum atomic E-state index is -5.27. The molecule has 0 aliphatic rings. The molecule has 1 atom stereocenters. The smallest absolute Gasteiger partial charge is 0.418 e. The molecule has 2 N–H and O–H groups in total. The second kappa shape index (κ2) is 5.98. The fourth-order valence-electron chi connectivity index (χ4n) is 1.37. The molecule has 0 spiro atoms. The van der Waals surface area contributed by atoms with Crippen LogP contribution in [0.2, 0.25) is 0 Å². The standard InChI is InChI=1S/C11H13F3N2O4S/c1-10(9(17)18,11(12,13)14)16-21(19,20)7-5-8-4-2-3-6-15-8/h2-4,6,16H,5,7H2,1H3,(H,17,18). The summed E-state index contributed by atoms with van der Waals surface area (Å²) < 4.78 is 62.7. The van der Waals surface area contributed by atoms with Gasteiger partial charge in [-0.1, -0.05) is 6.07 Å². The number of alkyl halides is 3. The van der Waals surface area contributed by atoms with Gasteiger partial charge in [-0.15, -0.1) is 0 Å². The van der Waals surface area contributed by atoms with Crippen molar-refractivity contribution in [2.45, 2.75) is 25.1 Å². The van der Waals surface area contributed by atoms with Crippen LogP contribution < -0.4 is 4.72 Å². The molecule has 0 saturated carbocycles. The Balaban J connectivity index is 2.86. The van der Waals surface area contributed by atoms with Gasteiger partial charge in [0, 0.05) is 18.3 Å². The number of sulfonamides is 1. The average Bonchev–Trinajstić information content (AvgIpc) is 2.35. The molecule has 21 heavy (non-hydrogen) atoms. The van der Waals surface area contributed by atoms with E-state index in [1.54, 1.807) is 12.1 Å². The lowest BCUT2D eigenvalue weighted by Crippen LogP contribution is -2.62. The van der Waals surface area contributed by atoms with Gasteiger partial charge in [-0.2, -0.15) is 17.9 Å². The van der Waals surface area contributed by atoms with Crippen LogP contribution in [0.4, 0.5) is 13.2 Å². The van der Waals surface area contributed by atoms with Gasteiger partial charge in [-0.25, -0.2) is 13.2 Å². The highest BCUT2D eigenvalue weighted by molar-refractivity contribution is 7.89. The molecule has 1 aromatic rings. The maximum Gasteiger partial charge on any atom is 0.418 e. The van der Waals surface area contributed by atoms with Crippen molar-refractivity contribution in [3.63, 3.8) is 0 Å². The van der Waals surface area contributed by atoms with Crippen LogP contribution in [-0.4, -0.2) is 41.9 Å². The number of nitrogens with one attached hydrogen (secondary N) is 1. The first-order chi connectivity index (χ1) is 9.48. The van der Waals surface area contributed by atoms with Crippen molar-refractivity contribution >= 4 is 16.0 Å². The van der Waals surface area contributed by atoms with Gasteiger partial charge in [-0.3, -0.25) is 4.98 Å². The Bertz CT molecular complexity index is 604. The molecule has 0 radical (unpaired) electrons. The molecule has 0 amide bonds. The molecule has 118 valence electrons. The van der Waals surface area contributed by atoms with E-state index in [1.165, 1.54) is 17.0 Å². The Morgan fingerprint density at radius 3 is 2.43 bits per heavy atom. The molecule has 1 aromatic heterocycles. The maximum absolute atomic E-state index is 12.7. The molecule has 0 bridgehead atoms. The van der Waals surface area contributed by atoms with Gasteiger partial charge in [0.25, 0.3) is 0 Å². The summed E-state index contributed by atoms with van der Waals surface area (Å²) in [6.07, 6.45) is -3.99. The number of aliphatic carboxylic acids is 1. The number of pyridine rings is 1. The summed E-state index contributed by atoms with van der Waals surface area (Å²) >= 11 is 0. The normalized spacial score (nSPS) is 15.4. The predicted molar refractivity (Wildman–Crippen MR) is 67.0 cm³/mol. The van der Waals surface area contributed by atoms with Crippen molar-refractivity contribution in [2.75, 3.05) is 5.75 Å². The third kappa shape index (κ3) is 4.39. The van der Waals surface area contributed by atoms with Crippen LogP contribution in [0.3, 0.4) is 0 Å². The highest BCUT2D eigenvalue weighted by Crippen LogP contribution is 2.31. The molecule has 1 rings (SSSR count). The van der Waals surface area contributed by atoms with Crippen LogP contribution in [0.25, 0.3) is 0 Å². The van der Waals surface area contributed by atoms with Gasteiger partial charge < -0.3 is 5.11 Å². The summed E-state index contributed by atoms with van der Waals surface area (Å²) in [5.41, 5.74) is -3.21. The number of hydrogen-bond acceptors (Lipinski definition) is 4. The Labute approximate surface area is 119 Å². The van der Waals surface area contributed by atoms with E-state index in [1.807, 2.05) is 0 Å². The molecular formula is C11H13F3N2O4S. The van der Waals surface area contributed by atoms with Gasteiger partial charge in [0.1, 0.15) is 0 Å². The summed E-state index contributed by atoms with van der Waals surface area (Å²) in [5, 5.41) is 8.66. The number of carboxylic acid groups (broad SMARTS) is 1. The van der Waals surface area contributed by atoms with Crippen LogP contribution >= 0.6 is 0 Å². The van der Waals surface area contributed by atoms with Crippen molar-refractivity contribution in [1.29, 1.82) is 0 Å².